The van der Waals surface area contributed by atoms with E-state index in [9.17, 15) is 0 Å². The van der Waals surface area contributed by atoms with Crippen LogP contribution in [-0.4, -0.2) is 9.97 Å². The molecule has 0 spiro atoms. The number of halogens is 1. The Labute approximate surface area is 139 Å². The van der Waals surface area contributed by atoms with Gasteiger partial charge in [-0.05, 0) is 30.2 Å². The highest BCUT2D eigenvalue weighted by Crippen LogP contribution is 2.31. The van der Waals surface area contributed by atoms with Crippen LogP contribution in [0.25, 0.3) is 33.4 Å². The summed E-state index contributed by atoms with van der Waals surface area (Å²) in [5, 5.41) is 0.659. The molecule has 4 aromatic rings. The molecule has 0 atom stereocenters. The SMILES string of the molecule is Cc1cc2nc(-c3ccc(-c4ccccc4)cc3)c(Cl)cc2[nH]1. The van der Waals surface area contributed by atoms with Crippen molar-refractivity contribution in [2.75, 3.05) is 0 Å². The summed E-state index contributed by atoms with van der Waals surface area (Å²) in [5.74, 6) is 0. The van der Waals surface area contributed by atoms with E-state index in [0.717, 1.165) is 28.0 Å². The van der Waals surface area contributed by atoms with E-state index in [1.807, 2.05) is 37.3 Å². The minimum absolute atomic E-state index is 0.659. The van der Waals surface area contributed by atoms with E-state index in [0.29, 0.717) is 5.02 Å². The maximum absolute atomic E-state index is 6.42. The molecule has 112 valence electrons. The van der Waals surface area contributed by atoms with Crippen LogP contribution in [0.2, 0.25) is 5.02 Å². The van der Waals surface area contributed by atoms with E-state index in [2.05, 4.69) is 41.4 Å². The molecule has 2 heterocycles. The van der Waals surface area contributed by atoms with Gasteiger partial charge in [0, 0.05) is 11.3 Å². The number of rotatable bonds is 2. The third kappa shape index (κ3) is 2.62. The molecule has 0 aliphatic heterocycles. The van der Waals surface area contributed by atoms with Gasteiger partial charge in [0.2, 0.25) is 0 Å². The van der Waals surface area contributed by atoms with E-state index in [1.165, 1.54) is 11.1 Å². The number of hydrogen-bond donors (Lipinski definition) is 1. The molecule has 0 radical (unpaired) electrons. The molecular weight excluding hydrogens is 304 g/mol. The molecule has 0 unspecified atom stereocenters. The van der Waals surface area contributed by atoms with Crippen LogP contribution in [0.1, 0.15) is 5.69 Å². The second-order valence-electron chi connectivity index (χ2n) is 5.65. The van der Waals surface area contributed by atoms with Gasteiger partial charge < -0.3 is 4.98 Å². The van der Waals surface area contributed by atoms with Crippen molar-refractivity contribution >= 4 is 22.6 Å². The third-order valence-corrected chi connectivity index (χ3v) is 4.24. The number of H-pyrrole nitrogens is 1. The number of pyridine rings is 1. The predicted octanol–water partition coefficient (Wildman–Crippen LogP) is 5.86. The third-order valence-electron chi connectivity index (χ3n) is 3.96. The van der Waals surface area contributed by atoms with Crippen molar-refractivity contribution in [3.8, 4) is 22.4 Å². The van der Waals surface area contributed by atoms with Crippen LogP contribution in [0.5, 0.6) is 0 Å². The Hall–Kier alpha value is -2.58. The molecule has 0 saturated heterocycles. The Morgan fingerprint density at radius 2 is 1.48 bits per heavy atom. The van der Waals surface area contributed by atoms with Crippen LogP contribution in [0.4, 0.5) is 0 Å². The lowest BCUT2D eigenvalue weighted by Crippen LogP contribution is -1.86. The van der Waals surface area contributed by atoms with E-state index in [-0.39, 0.29) is 0 Å². The minimum atomic E-state index is 0.659. The average molecular weight is 319 g/mol. The van der Waals surface area contributed by atoms with Gasteiger partial charge in [-0.3, -0.25) is 0 Å². The first-order valence-electron chi connectivity index (χ1n) is 7.52. The number of hydrogen-bond acceptors (Lipinski definition) is 1. The monoisotopic (exact) mass is 318 g/mol. The van der Waals surface area contributed by atoms with Gasteiger partial charge in [0.15, 0.2) is 0 Å². The molecule has 23 heavy (non-hydrogen) atoms. The molecule has 0 saturated carbocycles. The zero-order valence-corrected chi connectivity index (χ0v) is 13.4. The van der Waals surface area contributed by atoms with Gasteiger partial charge in [-0.2, -0.15) is 0 Å². The highest BCUT2D eigenvalue weighted by molar-refractivity contribution is 6.33. The van der Waals surface area contributed by atoms with Gasteiger partial charge >= 0.3 is 0 Å². The molecule has 1 N–H and O–H groups in total. The fourth-order valence-corrected chi connectivity index (χ4v) is 3.08. The molecule has 3 heteroatoms. The van der Waals surface area contributed by atoms with Crippen LogP contribution in [-0.2, 0) is 0 Å². The smallest absolute Gasteiger partial charge is 0.0897 e. The summed E-state index contributed by atoms with van der Waals surface area (Å²) in [6, 6.07) is 22.7. The fourth-order valence-electron chi connectivity index (χ4n) is 2.82. The zero-order chi connectivity index (χ0) is 15.8. The van der Waals surface area contributed by atoms with Gasteiger partial charge in [-0.15, -0.1) is 0 Å². The molecule has 0 aliphatic rings. The van der Waals surface area contributed by atoms with Crippen LogP contribution in [0.3, 0.4) is 0 Å². The Kier molecular flexibility index (Phi) is 3.40. The number of aryl methyl sites for hydroxylation is 1. The van der Waals surface area contributed by atoms with Gasteiger partial charge in [-0.25, -0.2) is 4.98 Å². The average Bonchev–Trinajstić information content (AvgIpc) is 2.94. The number of nitrogens with one attached hydrogen (secondary N) is 1. The van der Waals surface area contributed by atoms with Crippen molar-refractivity contribution in [2.24, 2.45) is 0 Å². The molecule has 4 rings (SSSR count). The highest BCUT2D eigenvalue weighted by Gasteiger charge is 2.09. The maximum atomic E-state index is 6.42. The van der Waals surface area contributed by atoms with Crippen LogP contribution < -0.4 is 0 Å². The normalized spacial score (nSPS) is 11.0. The first-order valence-corrected chi connectivity index (χ1v) is 7.90. The molecule has 2 aromatic carbocycles. The van der Waals surface area contributed by atoms with Gasteiger partial charge in [-0.1, -0.05) is 66.2 Å². The summed E-state index contributed by atoms with van der Waals surface area (Å²) < 4.78 is 0. The van der Waals surface area contributed by atoms with Crippen LogP contribution >= 0.6 is 11.6 Å². The summed E-state index contributed by atoms with van der Waals surface area (Å²) in [6.45, 7) is 2.02. The molecule has 0 fully saturated rings. The second-order valence-corrected chi connectivity index (χ2v) is 6.05. The topological polar surface area (TPSA) is 28.7 Å². The summed E-state index contributed by atoms with van der Waals surface area (Å²) in [4.78, 5) is 7.97. The van der Waals surface area contributed by atoms with Crippen molar-refractivity contribution in [2.45, 2.75) is 6.92 Å². The van der Waals surface area contributed by atoms with Crippen molar-refractivity contribution in [3.63, 3.8) is 0 Å². The largest absolute Gasteiger partial charge is 0.357 e. The standard InChI is InChI=1S/C20H15ClN2/c1-13-11-18-19(22-13)12-17(21)20(23-18)16-9-7-15(8-10-16)14-5-3-2-4-6-14/h2-12,22H,1H3. The first kappa shape index (κ1) is 14.0. The van der Waals surface area contributed by atoms with Crippen LogP contribution in [0.15, 0.2) is 66.7 Å². The number of benzene rings is 2. The van der Waals surface area contributed by atoms with Gasteiger partial charge in [0.25, 0.3) is 0 Å². The fraction of sp³-hybridized carbons (Fsp3) is 0.0500. The molecule has 2 nitrogen and oxygen atoms in total. The number of fused-ring (bicyclic) bond motifs is 1. The number of aromatic amines is 1. The van der Waals surface area contributed by atoms with Crippen LogP contribution in [0, 0.1) is 6.92 Å². The lowest BCUT2D eigenvalue weighted by atomic mass is 10.0. The van der Waals surface area contributed by atoms with Crippen molar-refractivity contribution in [1.29, 1.82) is 0 Å². The molecule has 2 aromatic heterocycles. The summed E-state index contributed by atoms with van der Waals surface area (Å²) in [5.41, 5.74) is 7.22. The lowest BCUT2D eigenvalue weighted by molar-refractivity contribution is 1.30. The molecule has 0 amide bonds. The van der Waals surface area contributed by atoms with E-state index < -0.39 is 0 Å². The second kappa shape index (κ2) is 5.56. The molecule has 0 aliphatic carbocycles. The Morgan fingerprint density at radius 3 is 2.22 bits per heavy atom. The van der Waals surface area contributed by atoms with Crippen molar-refractivity contribution in [1.82, 2.24) is 9.97 Å². The Morgan fingerprint density at radius 1 is 0.826 bits per heavy atom. The van der Waals surface area contributed by atoms with Gasteiger partial charge in [0.1, 0.15) is 0 Å². The lowest BCUT2D eigenvalue weighted by Gasteiger charge is -2.06. The van der Waals surface area contributed by atoms with E-state index >= 15 is 0 Å². The molecular formula is C20H15ClN2. The maximum Gasteiger partial charge on any atom is 0.0897 e. The first-order chi connectivity index (χ1) is 11.2. The summed E-state index contributed by atoms with van der Waals surface area (Å²) in [6.07, 6.45) is 0. The number of nitrogens with zero attached hydrogens (tertiary/aromatic N) is 1. The summed E-state index contributed by atoms with van der Waals surface area (Å²) >= 11 is 6.42. The van der Waals surface area contributed by atoms with E-state index in [4.69, 9.17) is 16.6 Å². The molecule has 0 bridgehead atoms. The Bertz CT molecular complexity index is 970. The predicted molar refractivity (Wildman–Crippen MR) is 96.7 cm³/mol. The highest BCUT2D eigenvalue weighted by atomic mass is 35.5. The van der Waals surface area contributed by atoms with E-state index in [1.54, 1.807) is 0 Å². The quantitative estimate of drug-likeness (QED) is 0.493. The Balaban J connectivity index is 1.77. The minimum Gasteiger partial charge on any atom is -0.357 e. The van der Waals surface area contributed by atoms with Crippen molar-refractivity contribution < 1.29 is 0 Å². The van der Waals surface area contributed by atoms with Crippen molar-refractivity contribution in [3.05, 3.63) is 77.4 Å². The summed E-state index contributed by atoms with van der Waals surface area (Å²) in [7, 11) is 0. The number of aromatic nitrogens is 2. The zero-order valence-electron chi connectivity index (χ0n) is 12.7. The van der Waals surface area contributed by atoms with Gasteiger partial charge in [0.05, 0.1) is 21.7 Å².